The summed E-state index contributed by atoms with van der Waals surface area (Å²) in [6.07, 6.45) is -0.778. The molecule has 0 fully saturated rings. The first-order valence-electron chi connectivity index (χ1n) is 4.41. The summed E-state index contributed by atoms with van der Waals surface area (Å²) in [5.74, 6) is -0.474. The van der Waals surface area contributed by atoms with Crippen molar-refractivity contribution >= 4 is 30.3 Å². The molecule has 1 aromatic carbocycles. The Labute approximate surface area is 103 Å². The lowest BCUT2D eigenvalue weighted by Crippen LogP contribution is -2.09. The number of Topliss-reactive ketones (excluding diaryl/α,β-unsaturated/α-hetero) is 1. The number of ether oxygens (including phenoxy) is 1. The zero-order valence-electron chi connectivity index (χ0n) is 8.01. The molecule has 1 aliphatic heterocycles. The van der Waals surface area contributed by atoms with Gasteiger partial charge < -0.3 is 14.7 Å². The molecule has 0 aliphatic carbocycles. The molecule has 0 saturated carbocycles. The van der Waals surface area contributed by atoms with E-state index in [2.05, 4.69) is 17.1 Å². The van der Waals surface area contributed by atoms with E-state index < -0.39 is 6.10 Å². The van der Waals surface area contributed by atoms with Crippen molar-refractivity contribution in [3.63, 3.8) is 0 Å². The van der Waals surface area contributed by atoms with Crippen LogP contribution in [0.15, 0.2) is 35.9 Å². The van der Waals surface area contributed by atoms with E-state index in [0.717, 1.165) is 0 Å². The minimum absolute atomic E-state index is 0.0556. The largest absolute Gasteiger partial charge is 0.460 e. The number of halogens is 1. The third-order valence-electron chi connectivity index (χ3n) is 2.19. The highest BCUT2D eigenvalue weighted by atomic mass is 35.5. The van der Waals surface area contributed by atoms with Crippen LogP contribution in [0, 0.1) is 0 Å². The number of hydrogen-bond acceptors (Lipinski definition) is 5. The van der Waals surface area contributed by atoms with Crippen LogP contribution in [-0.2, 0) is 13.7 Å². The molecule has 0 bridgehead atoms. The molecular formula is C10H8ClNO3S. The van der Waals surface area contributed by atoms with E-state index >= 15 is 0 Å². The van der Waals surface area contributed by atoms with Crippen LogP contribution < -0.4 is 5.73 Å². The third-order valence-corrected chi connectivity index (χ3v) is 2.63. The average molecular weight is 258 g/mol. The highest BCUT2D eigenvalue weighted by Gasteiger charge is 2.36. The van der Waals surface area contributed by atoms with Crippen LogP contribution in [-0.4, -0.2) is 5.78 Å². The molecule has 1 unspecified atom stereocenters. The minimum Gasteiger partial charge on any atom is -0.460 e. The molecule has 84 valence electrons. The molecule has 1 heterocycles. The molecule has 16 heavy (non-hydrogen) atoms. The van der Waals surface area contributed by atoms with Crippen molar-refractivity contribution in [3.05, 3.63) is 46.5 Å². The standard InChI is InChI=1S/C10H8ClNO3S/c11-6-3-1-5(2-4-6)8-7(13)9(15-16)10(12)14-8/h1-4,8,16H,12H2. The Bertz CT molecular complexity index is 458. The van der Waals surface area contributed by atoms with Gasteiger partial charge in [-0.25, -0.2) is 0 Å². The second-order valence-electron chi connectivity index (χ2n) is 3.20. The van der Waals surface area contributed by atoms with E-state index in [4.69, 9.17) is 22.1 Å². The molecule has 6 heteroatoms. The van der Waals surface area contributed by atoms with Gasteiger partial charge in [-0.1, -0.05) is 23.7 Å². The lowest BCUT2D eigenvalue weighted by atomic mass is 10.1. The third kappa shape index (κ3) is 1.83. The maximum absolute atomic E-state index is 11.8. The van der Waals surface area contributed by atoms with Gasteiger partial charge in [-0.15, -0.1) is 0 Å². The fraction of sp³-hybridized carbons (Fsp3) is 0.100. The van der Waals surface area contributed by atoms with E-state index in [1.807, 2.05) is 0 Å². The number of rotatable bonds is 2. The monoisotopic (exact) mass is 257 g/mol. The molecular weight excluding hydrogens is 250 g/mol. The van der Waals surface area contributed by atoms with Gasteiger partial charge >= 0.3 is 0 Å². The van der Waals surface area contributed by atoms with Crippen LogP contribution in [0.5, 0.6) is 0 Å². The van der Waals surface area contributed by atoms with Crippen LogP contribution >= 0.6 is 24.5 Å². The maximum Gasteiger partial charge on any atom is 0.249 e. The van der Waals surface area contributed by atoms with Gasteiger partial charge in [0.15, 0.2) is 6.10 Å². The number of thiol groups is 1. The molecule has 1 aromatic rings. The molecule has 2 rings (SSSR count). The molecule has 2 N–H and O–H groups in total. The summed E-state index contributed by atoms with van der Waals surface area (Å²) in [4.78, 5) is 11.8. The van der Waals surface area contributed by atoms with Crippen LogP contribution in [0.25, 0.3) is 0 Å². The molecule has 1 atom stereocenters. The molecule has 0 saturated heterocycles. The number of benzene rings is 1. The summed E-state index contributed by atoms with van der Waals surface area (Å²) in [7, 11) is 0. The predicted octanol–water partition coefficient (Wildman–Crippen LogP) is 1.97. The van der Waals surface area contributed by atoms with Gasteiger partial charge in [0.2, 0.25) is 17.4 Å². The van der Waals surface area contributed by atoms with Crippen LogP contribution in [0.3, 0.4) is 0 Å². The summed E-state index contributed by atoms with van der Waals surface area (Å²) in [6.45, 7) is 0. The van der Waals surface area contributed by atoms with E-state index in [-0.39, 0.29) is 17.4 Å². The summed E-state index contributed by atoms with van der Waals surface area (Å²) in [5.41, 5.74) is 6.14. The Morgan fingerprint density at radius 1 is 1.38 bits per heavy atom. The minimum atomic E-state index is -0.778. The highest BCUT2D eigenvalue weighted by molar-refractivity contribution is 7.75. The zero-order valence-corrected chi connectivity index (χ0v) is 9.66. The van der Waals surface area contributed by atoms with Crippen molar-refractivity contribution in [3.8, 4) is 0 Å². The van der Waals surface area contributed by atoms with Crippen molar-refractivity contribution in [1.82, 2.24) is 0 Å². The fourth-order valence-electron chi connectivity index (χ4n) is 1.42. The Morgan fingerprint density at radius 3 is 2.50 bits per heavy atom. The number of carbonyl (C=O) groups is 1. The number of nitrogens with two attached hydrogens (primary N) is 1. The normalized spacial score (nSPS) is 19.9. The first-order chi connectivity index (χ1) is 7.63. The Kier molecular flexibility index (Phi) is 2.98. The van der Waals surface area contributed by atoms with E-state index in [9.17, 15) is 4.79 Å². The number of hydrogen-bond donors (Lipinski definition) is 2. The van der Waals surface area contributed by atoms with Gasteiger partial charge in [-0.05, 0) is 12.1 Å². The van der Waals surface area contributed by atoms with E-state index in [0.29, 0.717) is 10.6 Å². The summed E-state index contributed by atoms with van der Waals surface area (Å²) in [6, 6.07) is 6.73. The van der Waals surface area contributed by atoms with Gasteiger partial charge in [0, 0.05) is 23.5 Å². The van der Waals surface area contributed by atoms with Gasteiger partial charge in [-0.2, -0.15) is 0 Å². The van der Waals surface area contributed by atoms with Crippen LogP contribution in [0.4, 0.5) is 0 Å². The Hall–Kier alpha value is -1.33. The van der Waals surface area contributed by atoms with Crippen LogP contribution in [0.1, 0.15) is 11.7 Å². The molecule has 4 nitrogen and oxygen atoms in total. The molecule has 1 aliphatic rings. The number of carbonyl (C=O) groups excluding carboxylic acids is 1. The summed E-state index contributed by atoms with van der Waals surface area (Å²) < 4.78 is 9.75. The lowest BCUT2D eigenvalue weighted by molar-refractivity contribution is -0.122. The van der Waals surface area contributed by atoms with Gasteiger partial charge in [0.25, 0.3) is 0 Å². The fourth-order valence-corrected chi connectivity index (χ4v) is 1.73. The molecule has 0 spiro atoms. The Morgan fingerprint density at radius 2 is 2.00 bits per heavy atom. The topological polar surface area (TPSA) is 61.5 Å². The summed E-state index contributed by atoms with van der Waals surface area (Å²) >= 11 is 9.29. The SMILES string of the molecule is NC1=C(OS)C(=O)C(c2ccc(Cl)cc2)O1. The van der Waals surface area contributed by atoms with Crippen molar-refractivity contribution < 1.29 is 13.7 Å². The quantitative estimate of drug-likeness (QED) is 0.628. The van der Waals surface area contributed by atoms with Crippen molar-refractivity contribution in [2.24, 2.45) is 5.73 Å². The summed E-state index contributed by atoms with van der Waals surface area (Å²) in [5, 5.41) is 0.584. The lowest BCUT2D eigenvalue weighted by Gasteiger charge is -2.09. The predicted molar refractivity (Wildman–Crippen MR) is 61.6 cm³/mol. The van der Waals surface area contributed by atoms with Gasteiger partial charge in [0.1, 0.15) is 0 Å². The molecule has 0 aromatic heterocycles. The first-order valence-corrected chi connectivity index (χ1v) is 5.15. The highest BCUT2D eigenvalue weighted by Crippen LogP contribution is 2.32. The zero-order chi connectivity index (χ0) is 11.7. The molecule has 0 radical (unpaired) electrons. The van der Waals surface area contributed by atoms with Crippen molar-refractivity contribution in [2.45, 2.75) is 6.10 Å². The first kappa shape index (κ1) is 11.2. The van der Waals surface area contributed by atoms with Crippen LogP contribution in [0.2, 0.25) is 5.02 Å². The van der Waals surface area contributed by atoms with Gasteiger partial charge in [-0.3, -0.25) is 4.79 Å². The number of ketones is 1. The van der Waals surface area contributed by atoms with Crippen molar-refractivity contribution in [1.29, 1.82) is 0 Å². The second-order valence-corrected chi connectivity index (χ2v) is 3.82. The smallest absolute Gasteiger partial charge is 0.249 e. The van der Waals surface area contributed by atoms with E-state index in [1.165, 1.54) is 0 Å². The second kappa shape index (κ2) is 4.27. The van der Waals surface area contributed by atoms with Crippen molar-refractivity contribution in [2.75, 3.05) is 0 Å². The van der Waals surface area contributed by atoms with Gasteiger partial charge in [0.05, 0.1) is 0 Å². The van der Waals surface area contributed by atoms with E-state index in [1.54, 1.807) is 24.3 Å². The maximum atomic E-state index is 11.8. The average Bonchev–Trinajstić information content (AvgIpc) is 2.55. The molecule has 0 amide bonds. The Balaban J connectivity index is 2.27.